The minimum absolute atomic E-state index is 0.606. The summed E-state index contributed by atoms with van der Waals surface area (Å²) in [6.45, 7) is 0. The maximum Gasteiger partial charge on any atom is 0.165 e. The predicted octanol–water partition coefficient (Wildman–Crippen LogP) is 12.9. The van der Waals surface area contributed by atoms with Crippen LogP contribution in [0.1, 0.15) is 17.5 Å². The van der Waals surface area contributed by atoms with Crippen LogP contribution in [0.3, 0.4) is 0 Å². The number of allylic oxidation sites excluding steroid dienone is 1. The van der Waals surface area contributed by atoms with Crippen molar-refractivity contribution >= 4 is 60.3 Å². The topological polar surface area (TPSA) is 51.8 Å². The van der Waals surface area contributed by atoms with Gasteiger partial charge in [-0.25, -0.2) is 15.0 Å². The first kappa shape index (κ1) is 29.8. The van der Waals surface area contributed by atoms with Crippen LogP contribution in [-0.4, -0.2) is 15.0 Å². The second-order valence-electron chi connectivity index (χ2n) is 13.8. The average Bonchev–Trinajstić information content (AvgIpc) is 3.62. The number of hydrogen-bond acceptors (Lipinski definition) is 4. The standard InChI is InChI=1S/C49H31N3O/c1-2-13-31(14-3-1)47-50-48(34-23-22-30-12-4-5-15-32(30)28-34)52-49(51-47)46-35(26-27-44-45(46)41-20-10-11-21-43(41)53-44)33-24-25-40-38-18-7-6-16-36(38)37-17-8-9-19-39(37)42(40)29-33/h1-7,9-16,18-29H,8,17H2. The van der Waals surface area contributed by atoms with Crippen LogP contribution in [0.25, 0.3) is 106 Å². The summed E-state index contributed by atoms with van der Waals surface area (Å²) < 4.78 is 6.50. The van der Waals surface area contributed by atoms with E-state index in [1.54, 1.807) is 0 Å². The lowest BCUT2D eigenvalue weighted by molar-refractivity contribution is 0.669. The van der Waals surface area contributed by atoms with Crippen molar-refractivity contribution in [3.05, 3.63) is 169 Å². The Kier molecular flexibility index (Phi) is 6.65. The smallest absolute Gasteiger partial charge is 0.165 e. The zero-order valence-corrected chi connectivity index (χ0v) is 28.8. The molecule has 1 aliphatic carbocycles. The van der Waals surface area contributed by atoms with E-state index in [0.717, 1.165) is 68.0 Å². The number of aryl methyl sites for hydroxylation is 1. The van der Waals surface area contributed by atoms with E-state index >= 15 is 0 Å². The fourth-order valence-electron chi connectivity index (χ4n) is 8.30. The molecule has 0 spiro atoms. The first-order chi connectivity index (χ1) is 26.3. The lowest BCUT2D eigenvalue weighted by atomic mass is 9.85. The van der Waals surface area contributed by atoms with Gasteiger partial charge in [0.1, 0.15) is 11.2 Å². The molecule has 0 atom stereocenters. The van der Waals surface area contributed by atoms with Gasteiger partial charge in [0.2, 0.25) is 0 Å². The molecule has 0 saturated carbocycles. The summed E-state index contributed by atoms with van der Waals surface area (Å²) in [5, 5.41) is 9.49. The SMILES string of the molecule is C1=Cc2c(c3ccccc3c3ccc(-c4ccc5oc6ccccc6c5c4-c4nc(-c5ccccc5)nc(-c5ccc6ccccc6c5)n4)cc23)CC1. The average molecular weight is 678 g/mol. The van der Waals surface area contributed by atoms with Gasteiger partial charge in [0.15, 0.2) is 17.5 Å². The lowest BCUT2D eigenvalue weighted by Gasteiger charge is -2.19. The van der Waals surface area contributed by atoms with Gasteiger partial charge in [0.05, 0.1) is 0 Å². The molecule has 1 aliphatic rings. The van der Waals surface area contributed by atoms with Crippen molar-refractivity contribution in [1.82, 2.24) is 15.0 Å². The van der Waals surface area contributed by atoms with E-state index in [9.17, 15) is 0 Å². The van der Waals surface area contributed by atoms with Crippen molar-refractivity contribution < 1.29 is 4.42 Å². The highest BCUT2D eigenvalue weighted by atomic mass is 16.3. The van der Waals surface area contributed by atoms with Gasteiger partial charge < -0.3 is 4.42 Å². The predicted molar refractivity (Wildman–Crippen MR) is 219 cm³/mol. The number of aromatic nitrogens is 3. The van der Waals surface area contributed by atoms with E-state index in [2.05, 4.69) is 133 Å². The molecule has 4 nitrogen and oxygen atoms in total. The summed E-state index contributed by atoms with van der Waals surface area (Å²) in [6, 6.07) is 53.3. The maximum absolute atomic E-state index is 6.50. The molecule has 53 heavy (non-hydrogen) atoms. The molecule has 4 heteroatoms. The number of hydrogen-bond donors (Lipinski definition) is 0. The van der Waals surface area contributed by atoms with Crippen LogP contribution < -0.4 is 0 Å². The molecule has 11 rings (SSSR count). The lowest BCUT2D eigenvalue weighted by Crippen LogP contribution is -2.02. The van der Waals surface area contributed by atoms with Crippen LogP contribution >= 0.6 is 0 Å². The molecule has 0 fully saturated rings. The fourth-order valence-corrected chi connectivity index (χ4v) is 8.30. The molecule has 0 N–H and O–H groups in total. The molecule has 0 aliphatic heterocycles. The van der Waals surface area contributed by atoms with Gasteiger partial charge in [-0.1, -0.05) is 133 Å². The number of para-hydroxylation sites is 1. The molecule has 0 radical (unpaired) electrons. The Bertz CT molecular complexity index is 3120. The van der Waals surface area contributed by atoms with Crippen LogP contribution in [0.15, 0.2) is 162 Å². The van der Waals surface area contributed by atoms with Gasteiger partial charge in [-0.2, -0.15) is 0 Å². The van der Waals surface area contributed by atoms with E-state index in [0.29, 0.717) is 17.5 Å². The highest BCUT2D eigenvalue weighted by molar-refractivity contribution is 6.17. The molecule has 0 amide bonds. The fraction of sp³-hybridized carbons (Fsp3) is 0.0408. The Morgan fingerprint density at radius 3 is 2.04 bits per heavy atom. The van der Waals surface area contributed by atoms with Crippen molar-refractivity contribution in [3.63, 3.8) is 0 Å². The number of fused-ring (bicyclic) bond motifs is 10. The molecule has 248 valence electrons. The van der Waals surface area contributed by atoms with Crippen LogP contribution in [-0.2, 0) is 6.42 Å². The zero-order chi connectivity index (χ0) is 34.9. The Hall–Kier alpha value is -6.91. The number of nitrogens with zero attached hydrogens (tertiary/aromatic N) is 3. The molecule has 8 aromatic carbocycles. The van der Waals surface area contributed by atoms with Gasteiger partial charge in [0.25, 0.3) is 0 Å². The van der Waals surface area contributed by atoms with E-state index in [1.165, 1.54) is 38.1 Å². The van der Waals surface area contributed by atoms with Gasteiger partial charge in [-0.15, -0.1) is 0 Å². The minimum Gasteiger partial charge on any atom is -0.456 e. The van der Waals surface area contributed by atoms with Crippen molar-refractivity contribution in [2.75, 3.05) is 0 Å². The van der Waals surface area contributed by atoms with E-state index in [1.807, 2.05) is 30.3 Å². The van der Waals surface area contributed by atoms with Gasteiger partial charge >= 0.3 is 0 Å². The highest BCUT2D eigenvalue weighted by Crippen LogP contribution is 2.44. The van der Waals surface area contributed by atoms with Gasteiger partial charge in [0, 0.05) is 27.5 Å². The summed E-state index contributed by atoms with van der Waals surface area (Å²) in [4.78, 5) is 15.7. The molecule has 0 bridgehead atoms. The highest BCUT2D eigenvalue weighted by Gasteiger charge is 2.23. The molecule has 10 aromatic rings. The Labute approximate surface area is 305 Å². The molecular weight excluding hydrogens is 647 g/mol. The summed E-state index contributed by atoms with van der Waals surface area (Å²) in [5.74, 6) is 1.85. The third-order valence-corrected chi connectivity index (χ3v) is 10.8. The second-order valence-corrected chi connectivity index (χ2v) is 13.8. The van der Waals surface area contributed by atoms with Crippen molar-refractivity contribution in [3.8, 4) is 45.3 Å². The Balaban J connectivity index is 1.23. The molecule has 0 saturated heterocycles. The largest absolute Gasteiger partial charge is 0.456 e. The van der Waals surface area contributed by atoms with Crippen molar-refractivity contribution in [2.45, 2.75) is 12.8 Å². The van der Waals surface area contributed by atoms with Crippen LogP contribution in [0.2, 0.25) is 0 Å². The van der Waals surface area contributed by atoms with Gasteiger partial charge in [-0.05, 0) is 97.7 Å². The number of furan rings is 1. The third-order valence-electron chi connectivity index (χ3n) is 10.8. The molecular formula is C49H31N3O. The van der Waals surface area contributed by atoms with Gasteiger partial charge in [-0.3, -0.25) is 0 Å². The minimum atomic E-state index is 0.606. The summed E-state index contributed by atoms with van der Waals surface area (Å²) in [7, 11) is 0. The first-order valence-corrected chi connectivity index (χ1v) is 18.2. The summed E-state index contributed by atoms with van der Waals surface area (Å²) in [5.41, 5.74) is 9.31. The van der Waals surface area contributed by atoms with E-state index in [-0.39, 0.29) is 0 Å². The van der Waals surface area contributed by atoms with E-state index in [4.69, 9.17) is 19.4 Å². The third kappa shape index (κ3) is 4.80. The monoisotopic (exact) mass is 677 g/mol. The van der Waals surface area contributed by atoms with Crippen LogP contribution in [0.4, 0.5) is 0 Å². The van der Waals surface area contributed by atoms with Crippen molar-refractivity contribution in [2.24, 2.45) is 0 Å². The quantitative estimate of drug-likeness (QED) is 0.174. The number of benzene rings is 8. The summed E-state index contributed by atoms with van der Waals surface area (Å²) in [6.07, 6.45) is 6.72. The Morgan fingerprint density at radius 1 is 0.453 bits per heavy atom. The van der Waals surface area contributed by atoms with Crippen LogP contribution in [0.5, 0.6) is 0 Å². The molecule has 2 aromatic heterocycles. The number of rotatable bonds is 4. The molecule has 0 unspecified atom stereocenters. The maximum atomic E-state index is 6.50. The van der Waals surface area contributed by atoms with Crippen LogP contribution in [0, 0.1) is 0 Å². The normalized spacial score (nSPS) is 12.7. The zero-order valence-electron chi connectivity index (χ0n) is 28.8. The molecule has 2 heterocycles. The van der Waals surface area contributed by atoms with Crippen molar-refractivity contribution in [1.29, 1.82) is 0 Å². The van der Waals surface area contributed by atoms with E-state index < -0.39 is 0 Å². The summed E-state index contributed by atoms with van der Waals surface area (Å²) >= 11 is 0. The Morgan fingerprint density at radius 2 is 1.15 bits per heavy atom. The first-order valence-electron chi connectivity index (χ1n) is 18.2. The second kappa shape index (κ2) is 11.8.